The molecule has 0 saturated heterocycles. The third-order valence-electron chi connectivity index (χ3n) is 5.61. The van der Waals surface area contributed by atoms with E-state index in [9.17, 15) is 13.2 Å². The molecule has 3 aromatic rings. The summed E-state index contributed by atoms with van der Waals surface area (Å²) in [6.45, 7) is 5.11. The van der Waals surface area contributed by atoms with Crippen molar-refractivity contribution < 1.29 is 13.2 Å². The number of aromatic nitrogens is 1. The molecule has 0 spiro atoms. The number of hydrogen-bond acceptors (Lipinski definition) is 3. The van der Waals surface area contributed by atoms with Gasteiger partial charge in [0.25, 0.3) is 0 Å². The minimum Gasteiger partial charge on any atom is -0.361 e. The van der Waals surface area contributed by atoms with Crippen LogP contribution < -0.4 is 4.90 Å². The normalized spacial score (nSPS) is 14.0. The van der Waals surface area contributed by atoms with Crippen molar-refractivity contribution >= 4 is 32.5 Å². The summed E-state index contributed by atoms with van der Waals surface area (Å²) in [6.07, 6.45) is 2.86. The van der Waals surface area contributed by atoms with Gasteiger partial charge in [0.1, 0.15) is 0 Å². The number of amides is 1. The molecule has 1 aromatic heterocycles. The maximum absolute atomic E-state index is 13.0. The molecule has 0 aliphatic carbocycles. The smallest absolute Gasteiger partial charge is 0.243 e. The summed E-state index contributed by atoms with van der Waals surface area (Å²) in [4.78, 5) is 18.3. The lowest BCUT2D eigenvalue weighted by Gasteiger charge is -2.20. The van der Waals surface area contributed by atoms with Crippen molar-refractivity contribution in [1.29, 1.82) is 0 Å². The molecule has 0 radical (unpaired) electrons. The number of benzene rings is 2. The number of rotatable bonds is 6. The lowest BCUT2D eigenvalue weighted by Crippen LogP contribution is -2.31. The first-order valence-electron chi connectivity index (χ1n) is 9.94. The average molecular weight is 412 g/mol. The minimum absolute atomic E-state index is 0.0212. The maximum atomic E-state index is 13.0. The summed E-state index contributed by atoms with van der Waals surface area (Å²) in [6, 6.07) is 13.0. The Hall–Kier alpha value is -2.64. The Kier molecular flexibility index (Phi) is 5.19. The molecule has 1 amide bonds. The predicted molar refractivity (Wildman–Crippen MR) is 115 cm³/mol. The zero-order valence-corrected chi connectivity index (χ0v) is 17.5. The second-order valence-electron chi connectivity index (χ2n) is 7.21. The number of fused-ring (bicyclic) bond motifs is 2. The molecule has 4 rings (SSSR count). The summed E-state index contributed by atoms with van der Waals surface area (Å²) in [5, 5.41) is 1.06. The van der Waals surface area contributed by atoms with Gasteiger partial charge >= 0.3 is 0 Å². The van der Waals surface area contributed by atoms with Gasteiger partial charge in [0.15, 0.2) is 0 Å². The second kappa shape index (κ2) is 7.65. The standard InChI is InChI=1S/C22H25N3O3S/c1-3-24(4-2)29(27,28)18-9-10-21-16(13-18)11-12-25(21)22(26)14-17-15-23-20-8-6-5-7-19(17)20/h5-10,13,15,23H,3-4,11-12,14H2,1-2H3. The highest BCUT2D eigenvalue weighted by Gasteiger charge is 2.28. The molecule has 0 bridgehead atoms. The van der Waals surface area contributed by atoms with Gasteiger partial charge in [-0.3, -0.25) is 4.79 Å². The molecule has 2 heterocycles. The van der Waals surface area contributed by atoms with Gasteiger partial charge in [-0.05, 0) is 41.8 Å². The molecule has 7 heteroatoms. The van der Waals surface area contributed by atoms with Crippen molar-refractivity contribution in [2.24, 2.45) is 0 Å². The Labute approximate surface area is 171 Å². The molecule has 152 valence electrons. The number of aromatic amines is 1. The second-order valence-corrected chi connectivity index (χ2v) is 9.15. The number of sulfonamides is 1. The zero-order valence-electron chi connectivity index (χ0n) is 16.7. The van der Waals surface area contributed by atoms with Crippen LogP contribution in [0.2, 0.25) is 0 Å². The van der Waals surface area contributed by atoms with Crippen LogP contribution in [0.25, 0.3) is 10.9 Å². The molecule has 0 fully saturated rings. The topological polar surface area (TPSA) is 73.5 Å². The van der Waals surface area contributed by atoms with Crippen LogP contribution in [0.4, 0.5) is 5.69 Å². The van der Waals surface area contributed by atoms with Crippen LogP contribution in [0.5, 0.6) is 0 Å². The third kappa shape index (κ3) is 3.45. The van der Waals surface area contributed by atoms with Crippen molar-refractivity contribution in [3.8, 4) is 0 Å². The fraction of sp³-hybridized carbons (Fsp3) is 0.318. The molecule has 1 aliphatic rings. The molecule has 29 heavy (non-hydrogen) atoms. The Balaban J connectivity index is 1.58. The third-order valence-corrected chi connectivity index (χ3v) is 7.65. The highest BCUT2D eigenvalue weighted by atomic mass is 32.2. The van der Waals surface area contributed by atoms with Crippen molar-refractivity contribution in [3.05, 3.63) is 59.8 Å². The first kappa shape index (κ1) is 19.7. The Bertz CT molecular complexity index is 1160. The Morgan fingerprint density at radius 2 is 1.90 bits per heavy atom. The van der Waals surface area contributed by atoms with E-state index in [2.05, 4.69) is 4.98 Å². The fourth-order valence-corrected chi connectivity index (χ4v) is 5.56. The van der Waals surface area contributed by atoms with E-state index in [0.29, 0.717) is 37.4 Å². The Morgan fingerprint density at radius 1 is 1.14 bits per heavy atom. The quantitative estimate of drug-likeness (QED) is 0.676. The van der Waals surface area contributed by atoms with Crippen LogP contribution >= 0.6 is 0 Å². The van der Waals surface area contributed by atoms with Crippen molar-refractivity contribution in [3.63, 3.8) is 0 Å². The fourth-order valence-electron chi connectivity index (χ4n) is 4.05. The lowest BCUT2D eigenvalue weighted by molar-refractivity contribution is -0.117. The molecule has 0 unspecified atom stereocenters. The van der Waals surface area contributed by atoms with E-state index in [1.807, 2.05) is 44.3 Å². The van der Waals surface area contributed by atoms with Crippen LogP contribution in [0.1, 0.15) is 25.0 Å². The van der Waals surface area contributed by atoms with Gasteiger partial charge in [0.05, 0.1) is 11.3 Å². The molecule has 0 atom stereocenters. The van der Waals surface area contributed by atoms with E-state index in [1.54, 1.807) is 23.1 Å². The molecular formula is C22H25N3O3S. The highest BCUT2D eigenvalue weighted by Crippen LogP contribution is 2.32. The van der Waals surface area contributed by atoms with Crippen molar-refractivity contribution in [2.75, 3.05) is 24.5 Å². The molecule has 1 N–H and O–H groups in total. The van der Waals surface area contributed by atoms with E-state index in [4.69, 9.17) is 0 Å². The van der Waals surface area contributed by atoms with Crippen LogP contribution in [-0.4, -0.2) is 43.2 Å². The van der Waals surface area contributed by atoms with E-state index in [1.165, 1.54) is 4.31 Å². The Morgan fingerprint density at radius 3 is 2.66 bits per heavy atom. The molecule has 1 aliphatic heterocycles. The highest BCUT2D eigenvalue weighted by molar-refractivity contribution is 7.89. The van der Waals surface area contributed by atoms with E-state index in [-0.39, 0.29) is 5.91 Å². The van der Waals surface area contributed by atoms with Gasteiger partial charge in [0.2, 0.25) is 15.9 Å². The average Bonchev–Trinajstić information content (AvgIpc) is 3.32. The van der Waals surface area contributed by atoms with Crippen LogP contribution in [0.3, 0.4) is 0 Å². The molecule has 2 aromatic carbocycles. The molecule has 0 saturated carbocycles. The number of para-hydroxylation sites is 1. The predicted octanol–water partition coefficient (Wildman–Crippen LogP) is 3.33. The number of carbonyl (C=O) groups is 1. The summed E-state index contributed by atoms with van der Waals surface area (Å²) in [5.41, 5.74) is 3.71. The van der Waals surface area contributed by atoms with Crippen molar-refractivity contribution in [1.82, 2.24) is 9.29 Å². The zero-order chi connectivity index (χ0) is 20.6. The van der Waals surface area contributed by atoms with Crippen LogP contribution in [-0.2, 0) is 27.7 Å². The molecule has 6 nitrogen and oxygen atoms in total. The van der Waals surface area contributed by atoms with Gasteiger partial charge in [-0.1, -0.05) is 32.0 Å². The first-order valence-corrected chi connectivity index (χ1v) is 11.4. The molecular weight excluding hydrogens is 386 g/mol. The van der Waals surface area contributed by atoms with E-state index < -0.39 is 10.0 Å². The summed E-state index contributed by atoms with van der Waals surface area (Å²) >= 11 is 0. The number of nitrogens with zero attached hydrogens (tertiary/aromatic N) is 2. The van der Waals surface area contributed by atoms with Crippen LogP contribution in [0.15, 0.2) is 53.6 Å². The number of hydrogen-bond donors (Lipinski definition) is 1. The van der Waals surface area contributed by atoms with Crippen LogP contribution in [0, 0.1) is 0 Å². The monoisotopic (exact) mass is 411 g/mol. The number of anilines is 1. The number of nitrogens with one attached hydrogen (secondary N) is 1. The summed E-state index contributed by atoms with van der Waals surface area (Å²) < 4.78 is 27.0. The number of H-pyrrole nitrogens is 1. The van der Waals surface area contributed by atoms with E-state index >= 15 is 0 Å². The maximum Gasteiger partial charge on any atom is 0.243 e. The summed E-state index contributed by atoms with van der Waals surface area (Å²) in [7, 11) is -3.50. The van der Waals surface area contributed by atoms with Gasteiger partial charge in [-0.25, -0.2) is 8.42 Å². The summed E-state index contributed by atoms with van der Waals surface area (Å²) in [5.74, 6) is 0.0212. The van der Waals surface area contributed by atoms with Gasteiger partial charge < -0.3 is 9.88 Å². The van der Waals surface area contributed by atoms with E-state index in [0.717, 1.165) is 27.7 Å². The first-order chi connectivity index (χ1) is 14.0. The minimum atomic E-state index is -3.50. The lowest BCUT2D eigenvalue weighted by atomic mass is 10.1. The van der Waals surface area contributed by atoms with Crippen molar-refractivity contribution in [2.45, 2.75) is 31.6 Å². The number of carbonyl (C=O) groups excluding carboxylic acids is 1. The SMILES string of the molecule is CCN(CC)S(=O)(=O)c1ccc2c(c1)CCN2C(=O)Cc1c[nH]c2ccccc12. The van der Waals surface area contributed by atoms with Gasteiger partial charge in [-0.15, -0.1) is 0 Å². The van der Waals surface area contributed by atoms with Gasteiger partial charge in [0, 0.05) is 42.4 Å². The van der Waals surface area contributed by atoms with Gasteiger partial charge in [-0.2, -0.15) is 4.31 Å². The largest absolute Gasteiger partial charge is 0.361 e.